The van der Waals surface area contributed by atoms with Gasteiger partial charge >= 0.3 is 0 Å². The highest BCUT2D eigenvalue weighted by Gasteiger charge is 2.37. The fraction of sp³-hybridized carbons (Fsp3) is 0.600. The Bertz CT molecular complexity index is 336. The van der Waals surface area contributed by atoms with Crippen LogP contribution < -0.4 is 11.1 Å². The summed E-state index contributed by atoms with van der Waals surface area (Å²) in [6.45, 7) is 5.49. The molecular weight excluding hydrogens is 208 g/mol. The summed E-state index contributed by atoms with van der Waals surface area (Å²) in [5.74, 6) is 0.710. The Morgan fingerprint density at radius 1 is 1.35 bits per heavy atom. The third kappa shape index (κ3) is 2.70. The molecule has 2 atom stereocenters. The van der Waals surface area contributed by atoms with E-state index in [-0.39, 0.29) is 0 Å². The van der Waals surface area contributed by atoms with Crippen LogP contribution in [0.4, 0.5) is 0 Å². The topological polar surface area (TPSA) is 38.0 Å². The maximum Gasteiger partial charge on any atom is -0.00121 e. The van der Waals surface area contributed by atoms with Crippen LogP contribution in [0.5, 0.6) is 0 Å². The molecule has 2 heteroatoms. The second kappa shape index (κ2) is 5.65. The van der Waals surface area contributed by atoms with Crippen LogP contribution in [0.1, 0.15) is 31.7 Å². The van der Waals surface area contributed by atoms with Crippen molar-refractivity contribution in [2.75, 3.05) is 19.6 Å². The molecule has 0 bridgehead atoms. The molecule has 2 nitrogen and oxygen atoms in total. The predicted molar refractivity (Wildman–Crippen MR) is 73.1 cm³/mol. The maximum atomic E-state index is 5.65. The number of rotatable bonds is 4. The Morgan fingerprint density at radius 3 is 2.82 bits per heavy atom. The summed E-state index contributed by atoms with van der Waals surface area (Å²) in [5.41, 5.74) is 7.46. The van der Waals surface area contributed by atoms with Crippen molar-refractivity contribution in [2.24, 2.45) is 11.7 Å². The van der Waals surface area contributed by atoms with Crippen LogP contribution in [0.3, 0.4) is 0 Å². The van der Waals surface area contributed by atoms with Crippen molar-refractivity contribution in [2.45, 2.75) is 31.6 Å². The van der Waals surface area contributed by atoms with E-state index in [4.69, 9.17) is 5.73 Å². The van der Waals surface area contributed by atoms with Gasteiger partial charge in [-0.3, -0.25) is 0 Å². The van der Waals surface area contributed by atoms with Crippen LogP contribution in [-0.4, -0.2) is 19.6 Å². The molecule has 1 fully saturated rings. The lowest BCUT2D eigenvalue weighted by molar-refractivity contribution is 0.205. The second-order valence-corrected chi connectivity index (χ2v) is 5.37. The first-order valence-corrected chi connectivity index (χ1v) is 6.73. The normalized spacial score (nSPS) is 29.2. The lowest BCUT2D eigenvalue weighted by Gasteiger charge is -2.42. The number of nitrogens with one attached hydrogen (secondary N) is 1. The molecule has 2 unspecified atom stereocenters. The highest BCUT2D eigenvalue weighted by atomic mass is 14.9. The Labute approximate surface area is 105 Å². The van der Waals surface area contributed by atoms with Crippen LogP contribution in [0.15, 0.2) is 30.3 Å². The van der Waals surface area contributed by atoms with E-state index in [0.29, 0.717) is 11.3 Å². The molecule has 0 amide bonds. The van der Waals surface area contributed by atoms with Crippen LogP contribution in [0.25, 0.3) is 0 Å². The molecule has 17 heavy (non-hydrogen) atoms. The first-order valence-electron chi connectivity index (χ1n) is 6.73. The first-order chi connectivity index (χ1) is 8.27. The smallest absolute Gasteiger partial charge is 0.00121 e. The molecule has 3 N–H and O–H groups in total. The predicted octanol–water partition coefficient (Wildman–Crippen LogP) is 2.29. The Kier molecular flexibility index (Phi) is 4.19. The number of hydrogen-bond acceptors (Lipinski definition) is 2. The fourth-order valence-corrected chi connectivity index (χ4v) is 3.04. The SMILES string of the molecule is CC1(c2ccccc2)CCNCC1CCCN. The zero-order valence-corrected chi connectivity index (χ0v) is 10.8. The molecule has 2 rings (SSSR count). The summed E-state index contributed by atoms with van der Waals surface area (Å²) < 4.78 is 0. The maximum absolute atomic E-state index is 5.65. The van der Waals surface area contributed by atoms with Crippen molar-refractivity contribution in [3.63, 3.8) is 0 Å². The number of piperidine rings is 1. The van der Waals surface area contributed by atoms with Crippen LogP contribution in [-0.2, 0) is 5.41 Å². The van der Waals surface area contributed by atoms with Gasteiger partial charge in [-0.15, -0.1) is 0 Å². The minimum absolute atomic E-state index is 0.321. The van der Waals surface area contributed by atoms with Gasteiger partial charge in [0, 0.05) is 0 Å². The van der Waals surface area contributed by atoms with E-state index >= 15 is 0 Å². The van der Waals surface area contributed by atoms with Gasteiger partial charge in [0.15, 0.2) is 0 Å². The van der Waals surface area contributed by atoms with Gasteiger partial charge in [0.2, 0.25) is 0 Å². The van der Waals surface area contributed by atoms with Gasteiger partial charge in [0.05, 0.1) is 0 Å². The van der Waals surface area contributed by atoms with Crippen molar-refractivity contribution in [3.05, 3.63) is 35.9 Å². The van der Waals surface area contributed by atoms with Crippen LogP contribution in [0.2, 0.25) is 0 Å². The fourth-order valence-electron chi connectivity index (χ4n) is 3.04. The minimum atomic E-state index is 0.321. The molecule has 1 aliphatic rings. The van der Waals surface area contributed by atoms with Crippen molar-refractivity contribution >= 4 is 0 Å². The molecule has 0 saturated carbocycles. The summed E-state index contributed by atoms with van der Waals surface area (Å²) in [5, 5.41) is 3.53. The molecule has 0 aromatic heterocycles. The highest BCUT2D eigenvalue weighted by Crippen LogP contribution is 2.39. The van der Waals surface area contributed by atoms with Crippen molar-refractivity contribution in [1.82, 2.24) is 5.32 Å². The van der Waals surface area contributed by atoms with E-state index in [1.807, 2.05) is 0 Å². The van der Waals surface area contributed by atoms with E-state index in [1.165, 1.54) is 18.4 Å². The molecule has 1 heterocycles. The van der Waals surface area contributed by atoms with E-state index < -0.39 is 0 Å². The monoisotopic (exact) mass is 232 g/mol. The lowest BCUT2D eigenvalue weighted by Crippen LogP contribution is -2.46. The van der Waals surface area contributed by atoms with E-state index in [9.17, 15) is 0 Å². The first kappa shape index (κ1) is 12.6. The minimum Gasteiger partial charge on any atom is -0.330 e. The number of benzene rings is 1. The quantitative estimate of drug-likeness (QED) is 0.836. The molecular formula is C15H24N2. The van der Waals surface area contributed by atoms with Gasteiger partial charge < -0.3 is 11.1 Å². The molecule has 94 valence electrons. The summed E-state index contributed by atoms with van der Waals surface area (Å²) in [6.07, 6.45) is 3.59. The standard InChI is InChI=1S/C15H24N2/c1-15(13-6-3-2-4-7-13)9-11-17-12-14(15)8-5-10-16/h2-4,6-7,14,17H,5,8-12,16H2,1H3. The van der Waals surface area contributed by atoms with Gasteiger partial charge in [0.25, 0.3) is 0 Å². The summed E-state index contributed by atoms with van der Waals surface area (Å²) in [4.78, 5) is 0. The lowest BCUT2D eigenvalue weighted by atomic mass is 9.66. The molecule has 0 spiro atoms. The summed E-state index contributed by atoms with van der Waals surface area (Å²) in [7, 11) is 0. The van der Waals surface area contributed by atoms with Crippen molar-refractivity contribution in [3.8, 4) is 0 Å². The summed E-state index contributed by atoms with van der Waals surface area (Å²) >= 11 is 0. The second-order valence-electron chi connectivity index (χ2n) is 5.37. The molecule has 0 radical (unpaired) electrons. The van der Waals surface area contributed by atoms with Crippen molar-refractivity contribution < 1.29 is 0 Å². The third-order valence-electron chi connectivity index (χ3n) is 4.30. The van der Waals surface area contributed by atoms with E-state index in [0.717, 1.165) is 26.1 Å². The van der Waals surface area contributed by atoms with Gasteiger partial charge in [-0.2, -0.15) is 0 Å². The third-order valence-corrected chi connectivity index (χ3v) is 4.30. The molecule has 1 aliphatic heterocycles. The molecule has 0 aliphatic carbocycles. The molecule has 1 aromatic rings. The van der Waals surface area contributed by atoms with Crippen LogP contribution >= 0.6 is 0 Å². The number of hydrogen-bond donors (Lipinski definition) is 2. The van der Waals surface area contributed by atoms with Gasteiger partial charge in [0.1, 0.15) is 0 Å². The zero-order valence-electron chi connectivity index (χ0n) is 10.8. The molecule has 1 aromatic carbocycles. The van der Waals surface area contributed by atoms with Crippen molar-refractivity contribution in [1.29, 1.82) is 0 Å². The zero-order chi connectivity index (χ0) is 12.1. The Balaban J connectivity index is 2.19. The average Bonchev–Trinajstić information content (AvgIpc) is 2.39. The van der Waals surface area contributed by atoms with Gasteiger partial charge in [-0.05, 0) is 55.8 Å². The Morgan fingerprint density at radius 2 is 2.12 bits per heavy atom. The average molecular weight is 232 g/mol. The van der Waals surface area contributed by atoms with E-state index in [2.05, 4.69) is 42.6 Å². The largest absolute Gasteiger partial charge is 0.330 e. The highest BCUT2D eigenvalue weighted by molar-refractivity contribution is 5.26. The van der Waals surface area contributed by atoms with Crippen LogP contribution in [0, 0.1) is 5.92 Å². The summed E-state index contributed by atoms with van der Waals surface area (Å²) in [6, 6.07) is 11.0. The van der Waals surface area contributed by atoms with E-state index in [1.54, 1.807) is 0 Å². The van der Waals surface area contributed by atoms with Gasteiger partial charge in [-0.1, -0.05) is 37.3 Å². The number of nitrogens with two attached hydrogens (primary N) is 1. The Hall–Kier alpha value is -0.860. The molecule has 1 saturated heterocycles. The van der Waals surface area contributed by atoms with Gasteiger partial charge in [-0.25, -0.2) is 0 Å².